The third kappa shape index (κ3) is 3.24. The molecule has 5 heteroatoms. The molecule has 3 rings (SSSR count). The maximum Gasteiger partial charge on any atom is 0.138 e. The molecule has 0 bridgehead atoms. The smallest absolute Gasteiger partial charge is 0.138 e. The van der Waals surface area contributed by atoms with Crippen molar-refractivity contribution in [3.8, 4) is 0 Å². The Morgan fingerprint density at radius 2 is 1.95 bits per heavy atom. The summed E-state index contributed by atoms with van der Waals surface area (Å²) in [6, 6.07) is 4.73. The zero-order valence-electron chi connectivity index (χ0n) is 12.7. The molecule has 3 heterocycles. The van der Waals surface area contributed by atoms with Crippen molar-refractivity contribution >= 4 is 5.69 Å². The predicted molar refractivity (Wildman–Crippen MR) is 82.3 cm³/mol. The second kappa shape index (κ2) is 6.26. The first-order chi connectivity index (χ1) is 10.2. The highest BCUT2D eigenvalue weighted by molar-refractivity contribution is 5.44. The van der Waals surface area contributed by atoms with Gasteiger partial charge in [-0.15, -0.1) is 0 Å². The van der Waals surface area contributed by atoms with E-state index in [0.29, 0.717) is 6.04 Å². The maximum atomic E-state index is 5.21. The van der Waals surface area contributed by atoms with E-state index in [-0.39, 0.29) is 0 Å². The third-order valence-corrected chi connectivity index (χ3v) is 4.27. The van der Waals surface area contributed by atoms with Gasteiger partial charge in [0.25, 0.3) is 0 Å². The molecule has 0 amide bonds. The van der Waals surface area contributed by atoms with E-state index in [2.05, 4.69) is 32.5 Å². The van der Waals surface area contributed by atoms with E-state index in [1.807, 2.05) is 26.2 Å². The van der Waals surface area contributed by atoms with Gasteiger partial charge in [0, 0.05) is 49.3 Å². The molecule has 0 unspecified atom stereocenters. The number of nitrogens with zero attached hydrogens (tertiary/aromatic N) is 3. The van der Waals surface area contributed by atoms with Crippen molar-refractivity contribution < 1.29 is 4.52 Å². The third-order valence-electron chi connectivity index (χ3n) is 4.27. The minimum atomic E-state index is 0.566. The second-order valence-corrected chi connectivity index (χ2v) is 5.65. The number of hydrogen-bond donors (Lipinski definition) is 1. The van der Waals surface area contributed by atoms with Gasteiger partial charge in [-0.05, 0) is 38.8 Å². The molecular formula is C16H22N4O. The fourth-order valence-electron chi connectivity index (χ4n) is 2.90. The molecule has 0 aliphatic carbocycles. The lowest BCUT2D eigenvalue weighted by molar-refractivity contribution is 0.388. The molecule has 0 aromatic carbocycles. The lowest BCUT2D eigenvalue weighted by atomic mass is 10.0. The van der Waals surface area contributed by atoms with Crippen molar-refractivity contribution in [2.24, 2.45) is 0 Å². The molecule has 0 spiro atoms. The summed E-state index contributed by atoms with van der Waals surface area (Å²) >= 11 is 0. The quantitative estimate of drug-likeness (QED) is 0.935. The average Bonchev–Trinajstić information content (AvgIpc) is 2.85. The lowest BCUT2D eigenvalue weighted by Crippen LogP contribution is -2.42. The molecule has 1 saturated heterocycles. The Labute approximate surface area is 125 Å². The van der Waals surface area contributed by atoms with Gasteiger partial charge in [-0.1, -0.05) is 5.16 Å². The van der Waals surface area contributed by atoms with Gasteiger partial charge in [0.15, 0.2) is 0 Å². The van der Waals surface area contributed by atoms with E-state index in [4.69, 9.17) is 4.52 Å². The zero-order valence-corrected chi connectivity index (χ0v) is 12.7. The number of rotatable bonds is 4. The van der Waals surface area contributed by atoms with Crippen molar-refractivity contribution in [3.63, 3.8) is 0 Å². The van der Waals surface area contributed by atoms with E-state index >= 15 is 0 Å². The van der Waals surface area contributed by atoms with E-state index in [1.54, 1.807) is 0 Å². The minimum absolute atomic E-state index is 0.566. The van der Waals surface area contributed by atoms with Crippen LogP contribution < -0.4 is 10.2 Å². The Morgan fingerprint density at radius 1 is 1.24 bits per heavy atom. The van der Waals surface area contributed by atoms with Gasteiger partial charge in [0.1, 0.15) is 5.76 Å². The first-order valence-corrected chi connectivity index (χ1v) is 7.54. The van der Waals surface area contributed by atoms with Crippen LogP contribution in [-0.4, -0.2) is 29.3 Å². The van der Waals surface area contributed by atoms with Crippen LogP contribution in [0.25, 0.3) is 0 Å². The summed E-state index contributed by atoms with van der Waals surface area (Å²) in [5, 5.41) is 7.64. The molecule has 1 aliphatic rings. The van der Waals surface area contributed by atoms with Crippen LogP contribution in [0.15, 0.2) is 29.0 Å². The highest BCUT2D eigenvalue weighted by Crippen LogP contribution is 2.19. The molecule has 0 atom stereocenters. The molecule has 0 saturated carbocycles. The fourth-order valence-corrected chi connectivity index (χ4v) is 2.90. The van der Waals surface area contributed by atoms with Gasteiger partial charge < -0.3 is 14.7 Å². The van der Waals surface area contributed by atoms with E-state index in [1.165, 1.54) is 11.3 Å². The summed E-state index contributed by atoms with van der Waals surface area (Å²) < 4.78 is 5.21. The molecule has 112 valence electrons. The summed E-state index contributed by atoms with van der Waals surface area (Å²) in [6.45, 7) is 7.00. The van der Waals surface area contributed by atoms with Crippen LogP contribution in [0.4, 0.5) is 5.69 Å². The first kappa shape index (κ1) is 14.1. The molecular weight excluding hydrogens is 264 g/mol. The normalized spacial score (nSPS) is 16.4. The molecule has 0 radical (unpaired) electrons. The SMILES string of the molecule is Cc1noc(C)c1CNC1CCN(c2ccncc2)CC1. The Morgan fingerprint density at radius 3 is 2.57 bits per heavy atom. The number of piperidine rings is 1. The van der Waals surface area contributed by atoms with Crippen molar-refractivity contribution in [2.75, 3.05) is 18.0 Å². The summed E-state index contributed by atoms with van der Waals surface area (Å²) in [7, 11) is 0. The highest BCUT2D eigenvalue weighted by Gasteiger charge is 2.20. The van der Waals surface area contributed by atoms with Crippen LogP contribution in [0, 0.1) is 13.8 Å². The van der Waals surface area contributed by atoms with Gasteiger partial charge in [-0.25, -0.2) is 0 Å². The Balaban J connectivity index is 1.50. The van der Waals surface area contributed by atoms with Crippen LogP contribution in [0.2, 0.25) is 0 Å². The summed E-state index contributed by atoms with van der Waals surface area (Å²) in [5.74, 6) is 0.925. The molecule has 5 nitrogen and oxygen atoms in total. The van der Waals surface area contributed by atoms with Gasteiger partial charge in [0.05, 0.1) is 5.69 Å². The Hall–Kier alpha value is -1.88. The zero-order chi connectivity index (χ0) is 14.7. The number of hydrogen-bond acceptors (Lipinski definition) is 5. The van der Waals surface area contributed by atoms with E-state index in [9.17, 15) is 0 Å². The first-order valence-electron chi connectivity index (χ1n) is 7.54. The highest BCUT2D eigenvalue weighted by atomic mass is 16.5. The molecule has 1 N–H and O–H groups in total. The van der Waals surface area contributed by atoms with E-state index < -0.39 is 0 Å². The van der Waals surface area contributed by atoms with Crippen molar-refractivity contribution in [1.82, 2.24) is 15.5 Å². The average molecular weight is 286 g/mol. The lowest BCUT2D eigenvalue weighted by Gasteiger charge is -2.34. The molecule has 1 fully saturated rings. The number of anilines is 1. The van der Waals surface area contributed by atoms with Crippen molar-refractivity contribution in [1.29, 1.82) is 0 Å². The second-order valence-electron chi connectivity index (χ2n) is 5.65. The molecule has 2 aromatic rings. The summed E-state index contributed by atoms with van der Waals surface area (Å²) in [5.41, 5.74) is 3.47. The minimum Gasteiger partial charge on any atom is -0.371 e. The van der Waals surface area contributed by atoms with Gasteiger partial charge in [-0.2, -0.15) is 0 Å². The Kier molecular flexibility index (Phi) is 4.20. The largest absolute Gasteiger partial charge is 0.371 e. The summed E-state index contributed by atoms with van der Waals surface area (Å²) in [4.78, 5) is 6.50. The van der Waals surface area contributed by atoms with Gasteiger partial charge in [0.2, 0.25) is 0 Å². The number of pyridine rings is 1. The number of aromatic nitrogens is 2. The molecule has 2 aromatic heterocycles. The predicted octanol–water partition coefficient (Wildman–Crippen LogP) is 2.45. The van der Waals surface area contributed by atoms with Crippen molar-refractivity contribution in [3.05, 3.63) is 41.5 Å². The van der Waals surface area contributed by atoms with Crippen LogP contribution in [0.5, 0.6) is 0 Å². The van der Waals surface area contributed by atoms with Crippen molar-refractivity contribution in [2.45, 2.75) is 39.3 Å². The Bertz CT molecular complexity index is 554. The van der Waals surface area contributed by atoms with Gasteiger partial charge in [-0.3, -0.25) is 4.98 Å². The standard InChI is InChI=1S/C16H22N4O/c1-12-16(13(2)21-19-12)11-18-14-5-9-20(10-6-14)15-3-7-17-8-4-15/h3-4,7-8,14,18H,5-6,9-11H2,1-2H3. The fraction of sp³-hybridized carbons (Fsp3) is 0.500. The number of aryl methyl sites for hydroxylation is 2. The van der Waals surface area contributed by atoms with Crippen LogP contribution in [-0.2, 0) is 6.54 Å². The monoisotopic (exact) mass is 286 g/mol. The van der Waals surface area contributed by atoms with Crippen LogP contribution >= 0.6 is 0 Å². The number of nitrogens with one attached hydrogen (secondary N) is 1. The maximum absolute atomic E-state index is 5.21. The topological polar surface area (TPSA) is 54.2 Å². The van der Waals surface area contributed by atoms with E-state index in [0.717, 1.165) is 43.9 Å². The van der Waals surface area contributed by atoms with Gasteiger partial charge >= 0.3 is 0 Å². The molecule has 1 aliphatic heterocycles. The van der Waals surface area contributed by atoms with Crippen LogP contribution in [0.3, 0.4) is 0 Å². The molecule has 21 heavy (non-hydrogen) atoms. The van der Waals surface area contributed by atoms with Crippen LogP contribution in [0.1, 0.15) is 29.9 Å². The summed E-state index contributed by atoms with van der Waals surface area (Å²) in [6.07, 6.45) is 6.03.